The number of rotatable bonds is 12. The van der Waals surface area contributed by atoms with Crippen molar-refractivity contribution in [1.82, 2.24) is 10.6 Å². The van der Waals surface area contributed by atoms with E-state index in [1.165, 1.54) is 0 Å². The van der Waals surface area contributed by atoms with Crippen LogP contribution in [0.2, 0.25) is 0 Å². The van der Waals surface area contributed by atoms with Gasteiger partial charge in [-0.05, 0) is 53.5 Å². The molecule has 0 radical (unpaired) electrons. The first kappa shape index (κ1) is 28.4. The van der Waals surface area contributed by atoms with Crippen LogP contribution in [0.1, 0.15) is 48.8 Å². The topological polar surface area (TPSA) is 114 Å². The minimum absolute atomic E-state index is 0.0624. The molecule has 3 aromatic carbocycles. The number of nitrogens with one attached hydrogen (secondary N) is 2. The average molecular weight is 557 g/mol. The van der Waals surface area contributed by atoms with Crippen molar-refractivity contribution in [2.24, 2.45) is 11.8 Å². The number of hydrogen-bond acceptors (Lipinski definition) is 5. The van der Waals surface area contributed by atoms with Crippen molar-refractivity contribution < 1.29 is 29.0 Å². The SMILES string of the molecule is C[C@@H](OCc1ccccc1)[C@H](NC(=O)C(CNC(=O)OCC1c2ccccc2-c2ccccc21)C1CCC1)C(=O)O. The molecule has 0 heterocycles. The zero-order valence-corrected chi connectivity index (χ0v) is 23.1. The van der Waals surface area contributed by atoms with Gasteiger partial charge in [-0.15, -0.1) is 0 Å². The highest BCUT2D eigenvalue weighted by molar-refractivity contribution is 5.86. The number of fused-ring (bicyclic) bond motifs is 3. The van der Waals surface area contributed by atoms with Gasteiger partial charge < -0.3 is 25.2 Å². The van der Waals surface area contributed by atoms with Crippen molar-refractivity contribution >= 4 is 18.0 Å². The van der Waals surface area contributed by atoms with Gasteiger partial charge in [0.25, 0.3) is 0 Å². The van der Waals surface area contributed by atoms with Gasteiger partial charge in [0.2, 0.25) is 5.91 Å². The van der Waals surface area contributed by atoms with Gasteiger partial charge in [-0.2, -0.15) is 0 Å². The van der Waals surface area contributed by atoms with Crippen molar-refractivity contribution in [2.45, 2.75) is 50.9 Å². The van der Waals surface area contributed by atoms with Crippen LogP contribution in [-0.4, -0.2) is 48.4 Å². The van der Waals surface area contributed by atoms with Crippen LogP contribution in [0.3, 0.4) is 0 Å². The van der Waals surface area contributed by atoms with Gasteiger partial charge in [-0.25, -0.2) is 9.59 Å². The summed E-state index contributed by atoms with van der Waals surface area (Å²) in [5.41, 5.74) is 5.45. The maximum atomic E-state index is 13.3. The molecule has 41 heavy (non-hydrogen) atoms. The monoisotopic (exact) mass is 556 g/mol. The molecule has 0 spiro atoms. The van der Waals surface area contributed by atoms with E-state index in [2.05, 4.69) is 34.9 Å². The molecule has 0 aliphatic heterocycles. The van der Waals surface area contributed by atoms with Crippen LogP contribution in [0, 0.1) is 11.8 Å². The Balaban J connectivity index is 1.16. The third-order valence-electron chi connectivity index (χ3n) is 8.25. The van der Waals surface area contributed by atoms with Gasteiger partial charge >= 0.3 is 12.1 Å². The lowest BCUT2D eigenvalue weighted by atomic mass is 9.75. The summed E-state index contributed by atoms with van der Waals surface area (Å²) in [6.07, 6.45) is 1.34. The summed E-state index contributed by atoms with van der Waals surface area (Å²) in [5.74, 6) is -2.13. The van der Waals surface area contributed by atoms with Crippen molar-refractivity contribution in [3.63, 3.8) is 0 Å². The van der Waals surface area contributed by atoms with Crippen molar-refractivity contribution in [3.05, 3.63) is 95.6 Å². The first-order valence-corrected chi connectivity index (χ1v) is 14.2. The number of carbonyl (C=O) groups excluding carboxylic acids is 2. The molecule has 0 saturated heterocycles. The summed E-state index contributed by atoms with van der Waals surface area (Å²) in [6, 6.07) is 24.5. The molecule has 2 aliphatic rings. The van der Waals surface area contributed by atoms with E-state index in [4.69, 9.17) is 9.47 Å². The molecule has 3 N–H and O–H groups in total. The van der Waals surface area contributed by atoms with Crippen LogP contribution < -0.4 is 10.6 Å². The first-order chi connectivity index (χ1) is 19.9. The van der Waals surface area contributed by atoms with Gasteiger partial charge in [-0.3, -0.25) is 4.79 Å². The predicted molar refractivity (Wildman–Crippen MR) is 154 cm³/mol. The molecular formula is C33H36N2O6. The van der Waals surface area contributed by atoms with E-state index in [9.17, 15) is 19.5 Å². The summed E-state index contributed by atoms with van der Waals surface area (Å²) in [7, 11) is 0. The molecule has 5 rings (SSSR count). The van der Waals surface area contributed by atoms with E-state index < -0.39 is 36.0 Å². The maximum absolute atomic E-state index is 13.3. The van der Waals surface area contributed by atoms with Crippen LogP contribution in [-0.2, 0) is 25.7 Å². The number of alkyl carbamates (subject to hydrolysis) is 1. The molecule has 3 atom stereocenters. The number of aliphatic carboxylic acids is 1. The number of hydrogen-bond donors (Lipinski definition) is 3. The Labute approximate surface area is 240 Å². The smallest absolute Gasteiger partial charge is 0.407 e. The second-order valence-electron chi connectivity index (χ2n) is 10.8. The zero-order valence-electron chi connectivity index (χ0n) is 23.1. The average Bonchev–Trinajstić information content (AvgIpc) is 3.28. The molecule has 0 aromatic heterocycles. The standard InChI is InChI=1S/C33H36N2O6/c1-21(40-19-22-10-3-2-4-11-22)30(32(37)38)35-31(36)28(23-12-9-13-23)18-34-33(39)41-20-29-26-16-7-5-14-24(26)25-15-6-8-17-27(25)29/h2-8,10-11,14-17,21,23,28-30H,9,12-13,18-20H2,1H3,(H,34,39)(H,35,36)(H,37,38)/t21-,28?,30+/m1/s1. The second-order valence-corrected chi connectivity index (χ2v) is 10.8. The highest BCUT2D eigenvalue weighted by Crippen LogP contribution is 2.44. The fraction of sp³-hybridized carbons (Fsp3) is 0.364. The number of benzene rings is 3. The van der Waals surface area contributed by atoms with Gasteiger partial charge in [-0.1, -0.05) is 85.3 Å². The Kier molecular flexibility index (Phi) is 8.99. The Hall–Kier alpha value is -4.17. The van der Waals surface area contributed by atoms with Crippen LogP contribution in [0.25, 0.3) is 11.1 Å². The van der Waals surface area contributed by atoms with E-state index in [1.807, 2.05) is 54.6 Å². The van der Waals surface area contributed by atoms with Gasteiger partial charge in [0.1, 0.15) is 6.61 Å². The number of carboxylic acids is 1. The number of amides is 2. The Bertz CT molecular complexity index is 1330. The Morgan fingerprint density at radius 2 is 1.51 bits per heavy atom. The van der Waals surface area contributed by atoms with E-state index in [0.717, 1.165) is 47.1 Å². The van der Waals surface area contributed by atoms with E-state index in [-0.39, 0.29) is 31.6 Å². The molecule has 3 aromatic rings. The summed E-state index contributed by atoms with van der Waals surface area (Å²) in [5, 5.41) is 15.3. The van der Waals surface area contributed by atoms with E-state index >= 15 is 0 Å². The van der Waals surface area contributed by atoms with Crippen LogP contribution in [0.5, 0.6) is 0 Å². The van der Waals surface area contributed by atoms with Gasteiger partial charge in [0.05, 0.1) is 18.6 Å². The number of ether oxygens (including phenoxy) is 2. The first-order valence-electron chi connectivity index (χ1n) is 14.2. The molecule has 2 aliphatic carbocycles. The fourth-order valence-electron chi connectivity index (χ4n) is 5.70. The Morgan fingerprint density at radius 1 is 0.902 bits per heavy atom. The molecule has 8 nitrogen and oxygen atoms in total. The van der Waals surface area contributed by atoms with Crippen molar-refractivity contribution in [3.8, 4) is 11.1 Å². The lowest BCUT2D eigenvalue weighted by Gasteiger charge is -2.34. The molecule has 1 saturated carbocycles. The third kappa shape index (κ3) is 6.60. The fourth-order valence-corrected chi connectivity index (χ4v) is 5.70. The minimum atomic E-state index is -1.22. The molecule has 1 fully saturated rings. The third-order valence-corrected chi connectivity index (χ3v) is 8.25. The summed E-state index contributed by atoms with van der Waals surface area (Å²) in [4.78, 5) is 38.1. The van der Waals surface area contributed by atoms with Crippen LogP contribution in [0.4, 0.5) is 4.79 Å². The highest BCUT2D eigenvalue weighted by Gasteiger charge is 2.37. The zero-order chi connectivity index (χ0) is 28.8. The minimum Gasteiger partial charge on any atom is -0.480 e. The predicted octanol–water partition coefficient (Wildman–Crippen LogP) is 5.12. The normalized spacial score (nSPS) is 16.4. The van der Waals surface area contributed by atoms with Gasteiger partial charge in [0.15, 0.2) is 6.04 Å². The van der Waals surface area contributed by atoms with E-state index in [1.54, 1.807) is 6.92 Å². The maximum Gasteiger partial charge on any atom is 0.407 e. The van der Waals surface area contributed by atoms with Crippen molar-refractivity contribution in [1.29, 1.82) is 0 Å². The molecule has 8 heteroatoms. The largest absolute Gasteiger partial charge is 0.480 e. The molecule has 0 bridgehead atoms. The summed E-state index contributed by atoms with van der Waals surface area (Å²) in [6.45, 7) is 2.11. The molecule has 214 valence electrons. The molecular weight excluding hydrogens is 520 g/mol. The van der Waals surface area contributed by atoms with Crippen molar-refractivity contribution in [2.75, 3.05) is 13.2 Å². The van der Waals surface area contributed by atoms with E-state index in [0.29, 0.717) is 0 Å². The Morgan fingerprint density at radius 3 is 2.10 bits per heavy atom. The highest BCUT2D eigenvalue weighted by atomic mass is 16.5. The van der Waals surface area contributed by atoms with Gasteiger partial charge in [0, 0.05) is 12.5 Å². The number of carbonyl (C=O) groups is 3. The quantitative estimate of drug-likeness (QED) is 0.286. The lowest BCUT2D eigenvalue weighted by Crippen LogP contribution is -2.53. The summed E-state index contributed by atoms with van der Waals surface area (Å²) < 4.78 is 11.4. The second kappa shape index (κ2) is 13.0. The summed E-state index contributed by atoms with van der Waals surface area (Å²) >= 11 is 0. The lowest BCUT2D eigenvalue weighted by molar-refractivity contribution is -0.147. The molecule has 1 unspecified atom stereocenters. The van der Waals surface area contributed by atoms with Crippen LogP contribution >= 0.6 is 0 Å². The number of carboxylic acid groups (broad SMARTS) is 1. The molecule has 2 amide bonds. The van der Waals surface area contributed by atoms with Crippen LogP contribution in [0.15, 0.2) is 78.9 Å².